The van der Waals surface area contributed by atoms with Crippen LogP contribution in [0.3, 0.4) is 0 Å². The van der Waals surface area contributed by atoms with Crippen molar-refractivity contribution in [2.24, 2.45) is 4.99 Å². The molecule has 0 aliphatic rings. The number of rotatable bonds is 7. The Hall–Kier alpha value is -1.06. The molecule has 0 aliphatic heterocycles. The normalized spacial score (nSPS) is 12.2. The van der Waals surface area contributed by atoms with Crippen molar-refractivity contribution < 1.29 is 4.74 Å². The third-order valence-electron chi connectivity index (χ3n) is 3.11. The van der Waals surface area contributed by atoms with Gasteiger partial charge < -0.3 is 15.4 Å². The Balaban J connectivity index is 0.00000312. The number of halogens is 2. The molecular formula is C17H24ClIN4OS. The first-order chi connectivity index (χ1) is 11.6. The van der Waals surface area contributed by atoms with Crippen LogP contribution in [-0.4, -0.2) is 30.1 Å². The van der Waals surface area contributed by atoms with E-state index in [1.807, 2.05) is 51.2 Å². The highest BCUT2D eigenvalue weighted by Gasteiger charge is 2.08. The third-order valence-corrected chi connectivity index (χ3v) is 4.32. The topological polar surface area (TPSA) is 58.5 Å². The molecule has 138 valence electrons. The van der Waals surface area contributed by atoms with Crippen molar-refractivity contribution in [3.05, 3.63) is 45.4 Å². The minimum absolute atomic E-state index is 0. The quantitative estimate of drug-likeness (QED) is 0.343. The molecule has 0 spiro atoms. The van der Waals surface area contributed by atoms with Gasteiger partial charge in [-0.05, 0) is 32.9 Å². The maximum atomic E-state index is 6.11. The SMILES string of the molecule is CCNC(=NCc1ncc(C)s1)NCC(C)Oc1ccccc1Cl.I. The first-order valence-corrected chi connectivity index (χ1v) is 9.12. The average molecular weight is 495 g/mol. The number of hydrogen-bond acceptors (Lipinski definition) is 4. The Bertz CT molecular complexity index is 680. The molecular weight excluding hydrogens is 471 g/mol. The zero-order valence-electron chi connectivity index (χ0n) is 14.6. The first-order valence-electron chi connectivity index (χ1n) is 7.93. The summed E-state index contributed by atoms with van der Waals surface area (Å²) in [6.45, 7) is 8.05. The van der Waals surface area contributed by atoms with E-state index in [0.29, 0.717) is 23.9 Å². The lowest BCUT2D eigenvalue weighted by molar-refractivity contribution is 0.224. The van der Waals surface area contributed by atoms with Crippen LogP contribution < -0.4 is 15.4 Å². The molecule has 8 heteroatoms. The van der Waals surface area contributed by atoms with E-state index < -0.39 is 0 Å². The van der Waals surface area contributed by atoms with Crippen LogP contribution in [0, 0.1) is 6.92 Å². The molecule has 0 aliphatic carbocycles. The fraction of sp³-hybridized carbons (Fsp3) is 0.412. The summed E-state index contributed by atoms with van der Waals surface area (Å²) in [5.74, 6) is 1.44. The molecule has 2 N–H and O–H groups in total. The molecule has 1 atom stereocenters. The van der Waals surface area contributed by atoms with Crippen LogP contribution in [0.4, 0.5) is 0 Å². The number of nitrogens with one attached hydrogen (secondary N) is 2. The van der Waals surface area contributed by atoms with Crippen LogP contribution in [0.5, 0.6) is 5.75 Å². The van der Waals surface area contributed by atoms with Gasteiger partial charge in [-0.2, -0.15) is 0 Å². The fourth-order valence-corrected chi connectivity index (χ4v) is 2.89. The Kier molecular flexibility index (Phi) is 10.1. The van der Waals surface area contributed by atoms with Crippen LogP contribution in [0.25, 0.3) is 0 Å². The lowest BCUT2D eigenvalue weighted by Gasteiger charge is -2.18. The second-order valence-corrected chi connectivity index (χ2v) is 7.03. The zero-order valence-corrected chi connectivity index (χ0v) is 18.5. The Morgan fingerprint density at radius 1 is 1.36 bits per heavy atom. The minimum atomic E-state index is -0.0455. The van der Waals surface area contributed by atoms with Crippen LogP contribution in [0.15, 0.2) is 35.5 Å². The van der Waals surface area contributed by atoms with Gasteiger partial charge in [0, 0.05) is 17.6 Å². The van der Waals surface area contributed by atoms with Crippen molar-refractivity contribution in [3.63, 3.8) is 0 Å². The van der Waals surface area contributed by atoms with E-state index in [4.69, 9.17) is 16.3 Å². The fourth-order valence-electron chi connectivity index (χ4n) is 2.00. The standard InChI is InChI=1S/C17H23ClN4OS.HI/c1-4-19-17(22-11-16-20-10-13(3)24-16)21-9-12(2)23-15-8-6-5-7-14(15)18;/h5-8,10,12H,4,9,11H2,1-3H3,(H2,19,21,22);1H. The highest BCUT2D eigenvalue weighted by Crippen LogP contribution is 2.23. The van der Waals surface area contributed by atoms with E-state index in [-0.39, 0.29) is 30.1 Å². The molecule has 5 nitrogen and oxygen atoms in total. The molecule has 0 amide bonds. The Morgan fingerprint density at radius 2 is 2.12 bits per heavy atom. The van der Waals surface area contributed by atoms with Crippen molar-refractivity contribution in [2.75, 3.05) is 13.1 Å². The number of aryl methyl sites for hydroxylation is 1. The van der Waals surface area contributed by atoms with Gasteiger partial charge in [-0.25, -0.2) is 9.98 Å². The summed E-state index contributed by atoms with van der Waals surface area (Å²) in [4.78, 5) is 10.1. The Labute approximate surface area is 175 Å². The summed E-state index contributed by atoms with van der Waals surface area (Å²) in [7, 11) is 0. The molecule has 1 aromatic carbocycles. The van der Waals surface area contributed by atoms with Crippen LogP contribution in [-0.2, 0) is 6.54 Å². The minimum Gasteiger partial charge on any atom is -0.487 e. The van der Waals surface area contributed by atoms with Gasteiger partial charge in [0.25, 0.3) is 0 Å². The van der Waals surface area contributed by atoms with Gasteiger partial charge in [0.1, 0.15) is 16.9 Å². The van der Waals surface area contributed by atoms with E-state index >= 15 is 0 Å². The van der Waals surface area contributed by atoms with Gasteiger partial charge in [-0.3, -0.25) is 0 Å². The smallest absolute Gasteiger partial charge is 0.191 e. The number of aliphatic imine (C=N–C) groups is 1. The van der Waals surface area contributed by atoms with Crippen LogP contribution in [0.1, 0.15) is 23.7 Å². The second kappa shape index (κ2) is 11.5. The third kappa shape index (κ3) is 7.79. The van der Waals surface area contributed by atoms with Crippen LogP contribution >= 0.6 is 46.9 Å². The molecule has 1 unspecified atom stereocenters. The van der Waals surface area contributed by atoms with Gasteiger partial charge in [0.15, 0.2) is 5.96 Å². The molecule has 2 aromatic rings. The second-order valence-electron chi connectivity index (χ2n) is 5.30. The number of benzene rings is 1. The summed E-state index contributed by atoms with van der Waals surface area (Å²) >= 11 is 7.78. The largest absolute Gasteiger partial charge is 0.487 e. The summed E-state index contributed by atoms with van der Waals surface area (Å²) in [5, 5.41) is 8.13. The molecule has 0 fully saturated rings. The number of aromatic nitrogens is 1. The monoisotopic (exact) mass is 494 g/mol. The molecule has 2 rings (SSSR count). The summed E-state index contributed by atoms with van der Waals surface area (Å²) < 4.78 is 5.85. The Morgan fingerprint density at radius 3 is 2.76 bits per heavy atom. The van der Waals surface area contributed by atoms with E-state index in [1.165, 1.54) is 4.88 Å². The van der Waals surface area contributed by atoms with Gasteiger partial charge in [-0.1, -0.05) is 23.7 Å². The van der Waals surface area contributed by atoms with Crippen LogP contribution in [0.2, 0.25) is 5.02 Å². The molecule has 1 aromatic heterocycles. The molecule has 25 heavy (non-hydrogen) atoms. The molecule has 0 bridgehead atoms. The number of guanidine groups is 1. The summed E-state index contributed by atoms with van der Waals surface area (Å²) in [6.07, 6.45) is 1.82. The average Bonchev–Trinajstić information content (AvgIpc) is 2.98. The van der Waals surface area contributed by atoms with E-state index in [0.717, 1.165) is 17.5 Å². The highest BCUT2D eigenvalue weighted by molar-refractivity contribution is 14.0. The lowest BCUT2D eigenvalue weighted by atomic mass is 10.3. The van der Waals surface area contributed by atoms with Crippen molar-refractivity contribution in [2.45, 2.75) is 33.4 Å². The highest BCUT2D eigenvalue weighted by atomic mass is 127. The number of hydrogen-bond donors (Lipinski definition) is 2. The number of thiazole rings is 1. The summed E-state index contributed by atoms with van der Waals surface area (Å²) in [6, 6.07) is 7.47. The van der Waals surface area contributed by atoms with E-state index in [9.17, 15) is 0 Å². The first kappa shape index (κ1) is 22.0. The van der Waals surface area contributed by atoms with Crippen molar-refractivity contribution in [3.8, 4) is 5.75 Å². The summed E-state index contributed by atoms with van der Waals surface area (Å²) in [5.41, 5.74) is 0. The zero-order chi connectivity index (χ0) is 17.4. The number of nitrogens with zero attached hydrogens (tertiary/aromatic N) is 2. The lowest BCUT2D eigenvalue weighted by Crippen LogP contribution is -2.41. The van der Waals surface area contributed by atoms with Gasteiger partial charge in [-0.15, -0.1) is 35.3 Å². The molecule has 0 saturated heterocycles. The predicted molar refractivity (Wildman–Crippen MR) is 117 cm³/mol. The molecule has 0 radical (unpaired) electrons. The maximum absolute atomic E-state index is 6.11. The maximum Gasteiger partial charge on any atom is 0.191 e. The van der Waals surface area contributed by atoms with Crippen molar-refractivity contribution >= 4 is 52.9 Å². The van der Waals surface area contributed by atoms with Gasteiger partial charge in [0.05, 0.1) is 18.1 Å². The number of para-hydroxylation sites is 1. The molecule has 1 heterocycles. The van der Waals surface area contributed by atoms with Crippen molar-refractivity contribution in [1.29, 1.82) is 0 Å². The molecule has 0 saturated carbocycles. The number of ether oxygens (including phenoxy) is 1. The van der Waals surface area contributed by atoms with E-state index in [1.54, 1.807) is 11.3 Å². The van der Waals surface area contributed by atoms with Gasteiger partial charge in [0.2, 0.25) is 0 Å². The van der Waals surface area contributed by atoms with E-state index in [2.05, 4.69) is 20.6 Å². The van der Waals surface area contributed by atoms with Gasteiger partial charge >= 0.3 is 0 Å². The van der Waals surface area contributed by atoms with Crippen molar-refractivity contribution in [1.82, 2.24) is 15.6 Å². The predicted octanol–water partition coefficient (Wildman–Crippen LogP) is 4.25.